The quantitative estimate of drug-likeness (QED) is 0.178. The third-order valence-electron chi connectivity index (χ3n) is 6.41. The Bertz CT molecular complexity index is 1550. The predicted octanol–water partition coefficient (Wildman–Crippen LogP) is 6.84. The van der Waals surface area contributed by atoms with Gasteiger partial charge in [-0.25, -0.2) is 13.9 Å². The zero-order valence-electron chi connectivity index (χ0n) is 22.8. The monoisotopic (exact) mass is 558 g/mol. The minimum absolute atomic E-state index is 0.270. The number of carbonyl (C=O) groups excluding carboxylic acids is 1. The highest BCUT2D eigenvalue weighted by molar-refractivity contribution is 7.98. The number of carbonyl (C=O) groups is 1. The number of hydrogen-bond donors (Lipinski definition) is 1. The number of aryl methyl sites for hydroxylation is 1. The summed E-state index contributed by atoms with van der Waals surface area (Å²) < 4.78 is 27.6. The fourth-order valence-corrected chi connectivity index (χ4v) is 5.24. The molecule has 5 rings (SSSR count). The van der Waals surface area contributed by atoms with Gasteiger partial charge in [0.05, 0.1) is 11.7 Å². The van der Waals surface area contributed by atoms with Crippen molar-refractivity contribution in [3.8, 4) is 5.75 Å². The molecule has 40 heavy (non-hydrogen) atoms. The zero-order chi connectivity index (χ0) is 28.2. The fourth-order valence-electron chi connectivity index (χ4n) is 4.43. The molecule has 206 valence electrons. The van der Waals surface area contributed by atoms with Gasteiger partial charge in [0.1, 0.15) is 24.2 Å². The van der Waals surface area contributed by atoms with E-state index in [1.165, 1.54) is 23.4 Å². The molecule has 9 heteroatoms. The van der Waals surface area contributed by atoms with Crippen molar-refractivity contribution >= 4 is 23.7 Å². The molecule has 1 N–H and O–H groups in total. The molecule has 0 fully saturated rings. The van der Waals surface area contributed by atoms with Gasteiger partial charge in [0.15, 0.2) is 0 Å². The van der Waals surface area contributed by atoms with E-state index in [2.05, 4.69) is 22.4 Å². The molecule has 2 heterocycles. The molecule has 4 aromatic rings. The van der Waals surface area contributed by atoms with Crippen LogP contribution in [0.2, 0.25) is 0 Å². The lowest BCUT2D eigenvalue weighted by molar-refractivity contribution is -0.143. The van der Waals surface area contributed by atoms with Gasteiger partial charge in [0.25, 0.3) is 0 Å². The van der Waals surface area contributed by atoms with Crippen LogP contribution in [0.15, 0.2) is 89.2 Å². The number of nitrogens with zero attached hydrogens (tertiary/aromatic N) is 3. The van der Waals surface area contributed by atoms with Crippen LogP contribution in [0.4, 0.5) is 10.3 Å². The number of hydrogen-bond acceptors (Lipinski definition) is 7. The van der Waals surface area contributed by atoms with Gasteiger partial charge in [-0.05, 0) is 62.6 Å². The van der Waals surface area contributed by atoms with Crippen LogP contribution in [0, 0.1) is 12.7 Å². The third kappa shape index (κ3) is 6.20. The second kappa shape index (κ2) is 12.0. The largest absolute Gasteiger partial charge is 0.489 e. The highest BCUT2D eigenvalue weighted by atomic mass is 32.2. The number of aromatic nitrogens is 3. The van der Waals surface area contributed by atoms with Crippen molar-refractivity contribution < 1.29 is 18.7 Å². The van der Waals surface area contributed by atoms with Gasteiger partial charge < -0.3 is 14.8 Å². The lowest BCUT2D eigenvalue weighted by atomic mass is 9.95. The molecule has 1 aromatic heterocycles. The minimum atomic E-state index is -0.597. The summed E-state index contributed by atoms with van der Waals surface area (Å²) in [5.41, 5.74) is 4.69. The first-order valence-corrected chi connectivity index (χ1v) is 14.1. The van der Waals surface area contributed by atoms with Crippen LogP contribution in [-0.4, -0.2) is 26.8 Å². The van der Waals surface area contributed by atoms with Gasteiger partial charge >= 0.3 is 5.97 Å². The second-order valence-corrected chi connectivity index (χ2v) is 10.9. The van der Waals surface area contributed by atoms with E-state index >= 15 is 0 Å². The lowest BCUT2D eigenvalue weighted by Gasteiger charge is -2.28. The first kappa shape index (κ1) is 27.5. The van der Waals surface area contributed by atoms with Crippen molar-refractivity contribution in [1.29, 1.82) is 0 Å². The third-order valence-corrected chi connectivity index (χ3v) is 7.30. The maximum absolute atomic E-state index is 14.2. The van der Waals surface area contributed by atoms with Gasteiger partial charge in [-0.15, -0.1) is 5.10 Å². The smallest absolute Gasteiger partial charge is 0.338 e. The molecule has 0 saturated heterocycles. The van der Waals surface area contributed by atoms with Crippen LogP contribution in [0.5, 0.6) is 5.75 Å². The van der Waals surface area contributed by atoms with Crippen LogP contribution in [0.25, 0.3) is 0 Å². The summed E-state index contributed by atoms with van der Waals surface area (Å²) in [6.07, 6.45) is -0.290. The Hall–Kier alpha value is -4.11. The summed E-state index contributed by atoms with van der Waals surface area (Å²) in [6.45, 7) is 7.92. The normalized spacial score (nSPS) is 14.6. The van der Waals surface area contributed by atoms with Gasteiger partial charge in [-0.1, -0.05) is 71.9 Å². The number of rotatable bonds is 9. The van der Waals surface area contributed by atoms with Crippen molar-refractivity contribution in [1.82, 2.24) is 14.8 Å². The molecule has 3 aromatic carbocycles. The average molecular weight is 559 g/mol. The Morgan fingerprint density at radius 1 is 1.07 bits per heavy atom. The topological polar surface area (TPSA) is 78.3 Å². The number of anilines is 1. The summed E-state index contributed by atoms with van der Waals surface area (Å²) in [4.78, 5) is 18.0. The molecule has 1 aliphatic heterocycles. The lowest BCUT2D eigenvalue weighted by Crippen LogP contribution is -2.30. The minimum Gasteiger partial charge on any atom is -0.489 e. The van der Waals surface area contributed by atoms with Gasteiger partial charge in [0.2, 0.25) is 11.1 Å². The molecule has 0 spiro atoms. The fraction of sp³-hybridized carbons (Fsp3) is 0.258. The van der Waals surface area contributed by atoms with Gasteiger partial charge in [0, 0.05) is 11.4 Å². The van der Waals surface area contributed by atoms with Crippen molar-refractivity contribution in [2.75, 3.05) is 5.32 Å². The van der Waals surface area contributed by atoms with Crippen molar-refractivity contribution in [3.05, 3.63) is 112 Å². The number of benzene rings is 3. The molecule has 1 unspecified atom stereocenters. The summed E-state index contributed by atoms with van der Waals surface area (Å²) in [6, 6.07) is 21.9. The Labute approximate surface area is 237 Å². The van der Waals surface area contributed by atoms with Crippen LogP contribution in [-0.2, 0) is 21.9 Å². The van der Waals surface area contributed by atoms with E-state index in [9.17, 15) is 9.18 Å². The Balaban J connectivity index is 1.46. The average Bonchev–Trinajstić information content (AvgIpc) is 3.33. The Morgan fingerprint density at radius 3 is 2.60 bits per heavy atom. The van der Waals surface area contributed by atoms with E-state index in [4.69, 9.17) is 14.6 Å². The second-order valence-electron chi connectivity index (χ2n) is 9.91. The van der Waals surface area contributed by atoms with E-state index in [-0.39, 0.29) is 11.9 Å². The van der Waals surface area contributed by atoms with E-state index < -0.39 is 12.0 Å². The van der Waals surface area contributed by atoms with Crippen LogP contribution in [0.1, 0.15) is 49.1 Å². The molecule has 7 nitrogen and oxygen atoms in total. The summed E-state index contributed by atoms with van der Waals surface area (Å²) in [7, 11) is 0. The number of thioether (sulfide) groups is 1. The summed E-state index contributed by atoms with van der Waals surface area (Å²) >= 11 is 1.33. The number of halogens is 1. The number of nitrogens with one attached hydrogen (secondary N) is 1. The molecule has 0 bridgehead atoms. The van der Waals surface area contributed by atoms with Crippen molar-refractivity contribution in [2.24, 2.45) is 0 Å². The summed E-state index contributed by atoms with van der Waals surface area (Å²) in [5.74, 6) is 0.830. The first-order chi connectivity index (χ1) is 19.3. The standard InChI is InChI=1S/C31H31FN4O3S/c1-19(2)39-29(37)27-21(4)33-30-34-31(40-18-24-8-5-6-11-26(24)32)35-36(30)28(27)23-9-7-10-25(16-23)38-17-22-14-12-20(3)13-15-22/h5-16,19,28H,17-18H2,1-4H3,(H,33,34,35). The van der Waals surface area contributed by atoms with Crippen LogP contribution < -0.4 is 10.1 Å². The molecule has 0 amide bonds. The predicted molar refractivity (Wildman–Crippen MR) is 154 cm³/mol. The zero-order valence-corrected chi connectivity index (χ0v) is 23.7. The van der Waals surface area contributed by atoms with Crippen molar-refractivity contribution in [3.63, 3.8) is 0 Å². The number of allylic oxidation sites excluding steroid dienone is 1. The number of fused-ring (bicyclic) bond motifs is 1. The highest BCUT2D eigenvalue weighted by Gasteiger charge is 2.35. The molecule has 0 saturated carbocycles. The van der Waals surface area contributed by atoms with E-state index in [1.807, 2.05) is 64.1 Å². The maximum atomic E-state index is 14.2. The number of esters is 1. The maximum Gasteiger partial charge on any atom is 0.338 e. The highest BCUT2D eigenvalue weighted by Crippen LogP contribution is 2.38. The summed E-state index contributed by atoms with van der Waals surface area (Å²) in [5, 5.41) is 8.41. The number of ether oxygens (including phenoxy) is 2. The molecule has 1 aliphatic rings. The van der Waals surface area contributed by atoms with Gasteiger partial charge in [-0.2, -0.15) is 4.98 Å². The van der Waals surface area contributed by atoms with Crippen LogP contribution in [0.3, 0.4) is 0 Å². The molecule has 0 radical (unpaired) electrons. The van der Waals surface area contributed by atoms with E-state index in [0.29, 0.717) is 46.0 Å². The Morgan fingerprint density at radius 2 is 1.85 bits per heavy atom. The molecule has 0 aliphatic carbocycles. The SMILES string of the molecule is CC1=C(C(=O)OC(C)C)C(c2cccc(OCc3ccc(C)cc3)c2)n2nc(SCc3ccccc3F)nc2N1. The molecular weight excluding hydrogens is 527 g/mol. The molecular formula is C31H31FN4O3S. The first-order valence-electron chi connectivity index (χ1n) is 13.1. The Kier molecular flexibility index (Phi) is 8.21. The van der Waals surface area contributed by atoms with E-state index in [1.54, 1.807) is 22.9 Å². The molecule has 1 atom stereocenters. The van der Waals surface area contributed by atoms with Crippen molar-refractivity contribution in [2.45, 2.75) is 57.4 Å². The van der Waals surface area contributed by atoms with Crippen LogP contribution >= 0.6 is 11.8 Å². The van der Waals surface area contributed by atoms with E-state index in [0.717, 1.165) is 11.1 Å². The van der Waals surface area contributed by atoms with Gasteiger partial charge in [-0.3, -0.25) is 0 Å².